The molecule has 0 saturated carbocycles. The van der Waals surface area contributed by atoms with Gasteiger partial charge in [-0.2, -0.15) is 10.2 Å². The number of fused-ring (bicyclic) bond motifs is 1. The van der Waals surface area contributed by atoms with Gasteiger partial charge in [0.25, 0.3) is 0 Å². The molecule has 3 heterocycles. The maximum Gasteiger partial charge on any atom is 0.212 e. The molecule has 1 unspecified atom stereocenters. The van der Waals surface area contributed by atoms with Crippen LogP contribution in [0, 0.1) is 0 Å². The average molecular weight is 382 g/mol. The number of nitrogens with zero attached hydrogens (tertiary/aromatic N) is 3. The van der Waals surface area contributed by atoms with Crippen LogP contribution in [0.5, 0.6) is 0 Å². The highest BCUT2D eigenvalue weighted by molar-refractivity contribution is 8.38. The van der Waals surface area contributed by atoms with Crippen LogP contribution in [0.1, 0.15) is 17.0 Å². The molecule has 2 aromatic carbocycles. The first kappa shape index (κ1) is 16.5. The number of hydrogen-bond donors (Lipinski definition) is 0. The van der Waals surface area contributed by atoms with Crippen LogP contribution in [0.15, 0.2) is 75.9 Å². The molecule has 0 aromatic heterocycles. The van der Waals surface area contributed by atoms with Crippen molar-refractivity contribution in [3.63, 3.8) is 0 Å². The summed E-state index contributed by atoms with van der Waals surface area (Å²) < 4.78 is 7.04. The summed E-state index contributed by atoms with van der Waals surface area (Å²) in [7, 11) is 0. The second-order valence-electron chi connectivity index (χ2n) is 6.84. The van der Waals surface area contributed by atoms with Gasteiger partial charge in [-0.25, -0.2) is 4.99 Å². The number of hydrogen-bond acceptors (Lipinski definition) is 6. The quantitative estimate of drug-likeness (QED) is 0.722. The molecular weight excluding hydrogens is 362 g/mol. The third-order valence-corrected chi connectivity index (χ3v) is 7.71. The maximum absolute atomic E-state index is 5.95. The summed E-state index contributed by atoms with van der Waals surface area (Å²) in [6.07, 6.45) is 0. The van der Waals surface area contributed by atoms with Crippen LogP contribution < -0.4 is 0 Å². The normalized spacial score (nSPS) is 32.2. The standard InChI is InChI=1S/C20H19N3OS2/c1-3-7-15(8-4-1)12-25-18-22-20(19(13-24-19)14-26-18)17(11-21-23-20)16-9-5-2-6-10-16/h1-10,17H,11-14H2/t17?,19-,20+/m0/s1. The summed E-state index contributed by atoms with van der Waals surface area (Å²) in [6.45, 7) is 1.41. The first-order valence-electron chi connectivity index (χ1n) is 8.78. The monoisotopic (exact) mass is 381 g/mol. The number of ether oxygens (including phenoxy) is 1. The van der Waals surface area contributed by atoms with Crippen molar-refractivity contribution in [1.82, 2.24) is 0 Å². The number of epoxide rings is 1. The Hall–Kier alpha value is -1.63. The fraction of sp³-hybridized carbons (Fsp3) is 0.350. The zero-order valence-electron chi connectivity index (χ0n) is 14.2. The number of rotatable bonds is 3. The smallest absolute Gasteiger partial charge is 0.212 e. The molecule has 0 amide bonds. The minimum absolute atomic E-state index is 0.152. The highest BCUT2D eigenvalue weighted by Crippen LogP contribution is 2.57. The van der Waals surface area contributed by atoms with Crippen LogP contribution in [0.3, 0.4) is 0 Å². The van der Waals surface area contributed by atoms with Gasteiger partial charge in [0.15, 0.2) is 0 Å². The highest BCUT2D eigenvalue weighted by atomic mass is 32.2. The van der Waals surface area contributed by atoms with Gasteiger partial charge in [0, 0.05) is 11.5 Å². The molecule has 0 aliphatic carbocycles. The van der Waals surface area contributed by atoms with Gasteiger partial charge in [-0.15, -0.1) is 0 Å². The second-order valence-corrected chi connectivity index (χ2v) is 9.02. The van der Waals surface area contributed by atoms with Crippen molar-refractivity contribution in [2.75, 3.05) is 18.9 Å². The number of azo groups is 1. The summed E-state index contributed by atoms with van der Waals surface area (Å²) in [5.74, 6) is 1.97. The second kappa shape index (κ2) is 6.51. The molecule has 0 bridgehead atoms. The Bertz CT molecular complexity index is 852. The van der Waals surface area contributed by atoms with Gasteiger partial charge in [0.2, 0.25) is 5.66 Å². The molecule has 132 valence electrons. The summed E-state index contributed by atoms with van der Waals surface area (Å²) in [6, 6.07) is 21.0. The molecule has 26 heavy (non-hydrogen) atoms. The fourth-order valence-electron chi connectivity index (χ4n) is 3.69. The molecule has 0 N–H and O–H groups in total. The molecule has 3 atom stereocenters. The van der Waals surface area contributed by atoms with E-state index in [1.165, 1.54) is 11.1 Å². The van der Waals surface area contributed by atoms with Crippen LogP contribution in [0.25, 0.3) is 0 Å². The predicted molar refractivity (Wildman–Crippen MR) is 108 cm³/mol. The Morgan fingerprint density at radius 1 is 1.08 bits per heavy atom. The first-order valence-corrected chi connectivity index (χ1v) is 10.8. The molecule has 2 aromatic rings. The third kappa shape index (κ3) is 2.71. The van der Waals surface area contributed by atoms with E-state index >= 15 is 0 Å². The van der Waals surface area contributed by atoms with Crippen molar-refractivity contribution in [3.8, 4) is 0 Å². The summed E-state index contributed by atoms with van der Waals surface area (Å²) in [5, 5.41) is 9.12. The summed E-state index contributed by atoms with van der Waals surface area (Å²) in [4.78, 5) is 5.16. The van der Waals surface area contributed by atoms with E-state index in [0.717, 1.165) is 22.5 Å². The van der Waals surface area contributed by atoms with E-state index in [0.29, 0.717) is 6.54 Å². The van der Waals surface area contributed by atoms with Crippen LogP contribution >= 0.6 is 23.5 Å². The molecule has 6 heteroatoms. The molecule has 1 saturated heterocycles. The van der Waals surface area contributed by atoms with Gasteiger partial charge >= 0.3 is 0 Å². The van der Waals surface area contributed by atoms with Gasteiger partial charge < -0.3 is 4.74 Å². The van der Waals surface area contributed by atoms with Crippen molar-refractivity contribution in [2.45, 2.75) is 22.9 Å². The zero-order chi connectivity index (χ0) is 17.5. The molecule has 3 aliphatic heterocycles. The SMILES string of the molecule is c1ccc(CSC2=N[C@]3(N=NCC3c3ccccc3)[C@]3(CO3)CS2)cc1. The zero-order valence-corrected chi connectivity index (χ0v) is 15.9. The van der Waals surface area contributed by atoms with Crippen molar-refractivity contribution < 1.29 is 4.74 Å². The maximum atomic E-state index is 5.95. The average Bonchev–Trinajstić information content (AvgIpc) is 3.37. The Labute approximate surface area is 161 Å². The number of aliphatic imine (C=N–C) groups is 1. The minimum atomic E-state index is -0.599. The molecule has 4 nitrogen and oxygen atoms in total. The van der Waals surface area contributed by atoms with E-state index in [9.17, 15) is 0 Å². The van der Waals surface area contributed by atoms with Gasteiger partial charge in [-0.05, 0) is 11.1 Å². The van der Waals surface area contributed by atoms with Crippen LogP contribution in [0.2, 0.25) is 0 Å². The van der Waals surface area contributed by atoms with Crippen molar-refractivity contribution in [1.29, 1.82) is 0 Å². The largest absolute Gasteiger partial charge is 0.364 e. The van der Waals surface area contributed by atoms with Crippen LogP contribution in [-0.4, -0.2) is 34.5 Å². The van der Waals surface area contributed by atoms with Crippen molar-refractivity contribution in [2.24, 2.45) is 15.2 Å². The lowest BCUT2D eigenvalue weighted by atomic mass is 9.79. The molecule has 3 aliphatic rings. The van der Waals surface area contributed by atoms with E-state index < -0.39 is 5.66 Å². The molecular formula is C20H19N3OS2. The van der Waals surface area contributed by atoms with E-state index in [1.807, 2.05) is 12.1 Å². The number of benzene rings is 2. The Morgan fingerprint density at radius 3 is 2.54 bits per heavy atom. The Morgan fingerprint density at radius 2 is 1.81 bits per heavy atom. The lowest BCUT2D eigenvalue weighted by molar-refractivity contribution is 0.193. The van der Waals surface area contributed by atoms with E-state index in [4.69, 9.17) is 14.8 Å². The van der Waals surface area contributed by atoms with Gasteiger partial charge in [-0.3, -0.25) is 0 Å². The van der Waals surface area contributed by atoms with E-state index in [-0.39, 0.29) is 11.5 Å². The van der Waals surface area contributed by atoms with Gasteiger partial charge in [-0.1, -0.05) is 84.2 Å². The van der Waals surface area contributed by atoms with Crippen LogP contribution in [-0.2, 0) is 10.5 Å². The molecule has 5 rings (SSSR count). The van der Waals surface area contributed by atoms with E-state index in [2.05, 4.69) is 53.6 Å². The van der Waals surface area contributed by atoms with Gasteiger partial charge in [0.05, 0.1) is 19.1 Å². The Balaban J connectivity index is 1.46. The predicted octanol–water partition coefficient (Wildman–Crippen LogP) is 4.74. The highest BCUT2D eigenvalue weighted by Gasteiger charge is 2.69. The molecule has 2 spiro atoms. The lowest BCUT2D eigenvalue weighted by Crippen LogP contribution is -2.50. The van der Waals surface area contributed by atoms with E-state index in [1.54, 1.807) is 23.5 Å². The fourth-order valence-corrected chi connectivity index (χ4v) is 6.01. The van der Waals surface area contributed by atoms with Gasteiger partial charge in [0.1, 0.15) is 9.98 Å². The third-order valence-electron chi connectivity index (χ3n) is 5.23. The first-order chi connectivity index (χ1) is 12.8. The number of thioether (sulfide) groups is 2. The Kier molecular flexibility index (Phi) is 4.14. The molecule has 0 radical (unpaired) electrons. The summed E-state index contributed by atoms with van der Waals surface area (Å²) >= 11 is 3.59. The molecule has 1 fully saturated rings. The summed E-state index contributed by atoms with van der Waals surface area (Å²) in [5.41, 5.74) is 1.68. The lowest BCUT2D eigenvalue weighted by Gasteiger charge is -2.37. The van der Waals surface area contributed by atoms with Crippen molar-refractivity contribution in [3.05, 3.63) is 71.8 Å². The van der Waals surface area contributed by atoms with Crippen LogP contribution in [0.4, 0.5) is 0 Å². The minimum Gasteiger partial charge on any atom is -0.364 e. The topological polar surface area (TPSA) is 49.6 Å². The van der Waals surface area contributed by atoms with Crippen molar-refractivity contribution >= 4 is 27.9 Å².